The normalized spacial score (nSPS) is 19.6. The van der Waals surface area contributed by atoms with E-state index in [4.69, 9.17) is 47.2 Å². The first kappa shape index (κ1) is 68.9. The third kappa shape index (κ3) is 15.2. The predicted octanol–water partition coefficient (Wildman–Crippen LogP) is 15.4. The second-order valence-electron chi connectivity index (χ2n) is 27.0. The van der Waals surface area contributed by atoms with Crippen molar-refractivity contribution in [2.75, 3.05) is 5.32 Å². The highest BCUT2D eigenvalue weighted by Crippen LogP contribution is 2.44. The highest BCUT2D eigenvalue weighted by atomic mass is 79.9. The van der Waals surface area contributed by atoms with Gasteiger partial charge in [0, 0.05) is 39.7 Å². The molecule has 0 bridgehead atoms. The van der Waals surface area contributed by atoms with Gasteiger partial charge in [-0.05, 0) is 181 Å². The summed E-state index contributed by atoms with van der Waals surface area (Å²) in [6.45, 7) is 51.1. The van der Waals surface area contributed by atoms with Gasteiger partial charge in [-0.25, -0.2) is 15.0 Å². The number of fused-ring (bicyclic) bond motifs is 1. The van der Waals surface area contributed by atoms with Crippen LogP contribution in [0.15, 0.2) is 77.7 Å². The van der Waals surface area contributed by atoms with Crippen molar-refractivity contribution in [3.8, 4) is 5.95 Å². The summed E-state index contributed by atoms with van der Waals surface area (Å²) in [7, 11) is -5.17. The van der Waals surface area contributed by atoms with E-state index in [1.54, 1.807) is 17.1 Å². The highest BCUT2D eigenvalue weighted by molar-refractivity contribution is 9.10. The van der Waals surface area contributed by atoms with Gasteiger partial charge in [0.05, 0.1) is 63.2 Å². The minimum atomic E-state index is -1.94. The van der Waals surface area contributed by atoms with Crippen molar-refractivity contribution >= 4 is 87.8 Å². The van der Waals surface area contributed by atoms with Crippen LogP contribution in [0.1, 0.15) is 182 Å². The molecule has 3 fully saturated rings. The van der Waals surface area contributed by atoms with Crippen molar-refractivity contribution in [3.63, 3.8) is 0 Å². The van der Waals surface area contributed by atoms with Gasteiger partial charge in [-0.3, -0.25) is 0 Å². The van der Waals surface area contributed by atoms with Gasteiger partial charge >= 0.3 is 21.1 Å². The zero-order valence-electron chi connectivity index (χ0n) is 51.3. The highest BCUT2D eigenvalue weighted by Gasteiger charge is 2.64. The Morgan fingerprint density at radius 1 is 0.637 bits per heavy atom. The minimum Gasteiger partial charge on any atom is -0.410 e. The Morgan fingerprint density at radius 3 is 1.60 bits per heavy atom. The van der Waals surface area contributed by atoms with Crippen LogP contribution in [0.2, 0.25) is 36.3 Å². The minimum absolute atomic E-state index is 0. The molecule has 0 saturated carbocycles. The van der Waals surface area contributed by atoms with Crippen LogP contribution in [0.4, 0.5) is 11.5 Å². The molecule has 2 aromatic carbocycles. The monoisotopic (exact) mass is 1200 g/mol. The second-order valence-corrected chi connectivity index (χ2v) is 37.4. The Balaban J connectivity index is 0.000000267. The van der Waals surface area contributed by atoms with E-state index < -0.39 is 49.0 Å². The largest absolute Gasteiger partial charge is 0.494 e. The lowest BCUT2D eigenvalue weighted by atomic mass is 9.49. The van der Waals surface area contributed by atoms with Crippen LogP contribution in [0.25, 0.3) is 16.9 Å². The summed E-state index contributed by atoms with van der Waals surface area (Å²) in [5.74, 6) is 1.26. The summed E-state index contributed by atoms with van der Waals surface area (Å²) in [6.07, 6.45) is 6.60. The van der Waals surface area contributed by atoms with Gasteiger partial charge in [0.25, 0.3) is 5.95 Å². The number of anilines is 2. The first-order chi connectivity index (χ1) is 35.5. The summed E-state index contributed by atoms with van der Waals surface area (Å²) >= 11 is 3.48. The third-order valence-corrected chi connectivity index (χ3v) is 27.0. The fourth-order valence-corrected chi connectivity index (χ4v) is 11.1. The van der Waals surface area contributed by atoms with Gasteiger partial charge in [-0.1, -0.05) is 90.5 Å². The number of nitrogens with one attached hydrogen (secondary N) is 2. The molecular formula is C59H97B3BrN7O8Si2. The Labute approximate surface area is 493 Å². The lowest BCUT2D eigenvalue weighted by molar-refractivity contribution is 0.00578. The molecule has 8 rings (SSSR count). The number of hydrogen-bond donors (Lipinski definition) is 2. The van der Waals surface area contributed by atoms with Crippen LogP contribution >= 0.6 is 15.9 Å². The number of hydrogen-bond acceptors (Lipinski definition) is 14. The summed E-state index contributed by atoms with van der Waals surface area (Å²) in [6, 6.07) is 17.8. The topological polar surface area (TPSA) is 166 Å². The lowest BCUT2D eigenvalue weighted by Gasteiger charge is -2.38. The van der Waals surface area contributed by atoms with Gasteiger partial charge in [0.1, 0.15) is 5.82 Å². The van der Waals surface area contributed by atoms with E-state index in [2.05, 4.69) is 152 Å². The molecule has 2 N–H and O–H groups in total. The first-order valence-electron chi connectivity index (χ1n) is 27.3. The number of rotatable bonds is 12. The molecule has 3 aromatic heterocycles. The Hall–Kier alpha value is -3.60. The summed E-state index contributed by atoms with van der Waals surface area (Å²) in [4.78, 5) is 13.8. The molecule has 3 saturated heterocycles. The molecule has 0 radical (unpaired) electrons. The van der Waals surface area contributed by atoms with Crippen LogP contribution in [0, 0.1) is 5.41 Å². The smallest absolute Gasteiger partial charge is 0.410 e. The van der Waals surface area contributed by atoms with Gasteiger partial charge in [0.2, 0.25) is 0 Å². The summed E-state index contributed by atoms with van der Waals surface area (Å²) in [5, 5.41) is 16.8. The molecule has 3 aliphatic heterocycles. The van der Waals surface area contributed by atoms with Crippen molar-refractivity contribution in [1.29, 1.82) is 5.41 Å². The summed E-state index contributed by atoms with van der Waals surface area (Å²) in [5.41, 5.74) is 3.21. The molecule has 0 spiro atoms. The first-order valence-corrected chi connectivity index (χ1v) is 33.9. The van der Waals surface area contributed by atoms with Crippen LogP contribution in [0.3, 0.4) is 0 Å². The molecule has 2 atom stereocenters. The number of pyridine rings is 1. The second kappa shape index (κ2) is 24.5. The molecule has 80 heavy (non-hydrogen) atoms. The fourth-order valence-electron chi connectivity index (χ4n) is 8.04. The Kier molecular flexibility index (Phi) is 21.1. The molecule has 3 aliphatic rings. The number of benzene rings is 2. The van der Waals surface area contributed by atoms with Crippen molar-refractivity contribution < 1.29 is 36.8 Å². The molecule has 5 aromatic rings. The Bertz CT molecular complexity index is 2840. The maximum absolute atomic E-state index is 7.57. The van der Waals surface area contributed by atoms with E-state index >= 15 is 0 Å². The maximum atomic E-state index is 7.57. The number of nitrogens with zero attached hydrogens (tertiary/aromatic N) is 5. The lowest BCUT2D eigenvalue weighted by Crippen LogP contribution is -2.41. The van der Waals surface area contributed by atoms with Crippen LogP contribution in [-0.2, 0) is 36.8 Å². The SMILES string of the molecule is C.C.CC(O[Si](C)(C)C(C)(C)C)c1ccnc(-n2ncc3ccc(B4OC(C)(C)C(C)(C)O4)cc32)n1.CC(O[Si](C)(C)C(C)(C)C)c1ccnc(Nc2cc(Br)ccc2C=N)c1.CC1(C)OB(B2OC(C)(C)C(C)(C)O2)OC1(C)C. The van der Waals surface area contributed by atoms with Gasteiger partial charge in [-0.2, -0.15) is 9.78 Å². The van der Waals surface area contributed by atoms with E-state index in [0.29, 0.717) is 5.95 Å². The van der Waals surface area contributed by atoms with E-state index in [0.717, 1.165) is 49.2 Å². The average Bonchev–Trinajstić information content (AvgIpc) is 3.97. The van der Waals surface area contributed by atoms with Crippen LogP contribution in [-0.4, -0.2) is 102 Å². The van der Waals surface area contributed by atoms with E-state index in [-0.39, 0.29) is 59.5 Å². The van der Waals surface area contributed by atoms with Crippen molar-refractivity contribution in [2.24, 2.45) is 0 Å². The molecule has 6 heterocycles. The fraction of sp³-hybridized carbons (Fsp3) is 0.610. The molecular weight excluding hydrogens is 1100 g/mol. The molecule has 0 aliphatic carbocycles. The van der Waals surface area contributed by atoms with Gasteiger partial charge in [-0.15, -0.1) is 0 Å². The van der Waals surface area contributed by atoms with Crippen molar-refractivity contribution in [1.82, 2.24) is 24.7 Å². The number of aromatic nitrogens is 5. The summed E-state index contributed by atoms with van der Waals surface area (Å²) < 4.78 is 52.1. The van der Waals surface area contributed by atoms with Crippen LogP contribution < -0.4 is 10.8 Å². The van der Waals surface area contributed by atoms with E-state index in [1.165, 1.54) is 6.21 Å². The van der Waals surface area contributed by atoms with E-state index in [9.17, 15) is 0 Å². The van der Waals surface area contributed by atoms with Crippen molar-refractivity contribution in [2.45, 2.75) is 235 Å². The van der Waals surface area contributed by atoms with Gasteiger partial charge < -0.3 is 47.5 Å². The number of halogens is 1. The molecule has 0 amide bonds. The Morgan fingerprint density at radius 2 is 1.11 bits per heavy atom. The molecule has 15 nitrogen and oxygen atoms in total. The zero-order valence-corrected chi connectivity index (χ0v) is 54.9. The quantitative estimate of drug-likeness (QED) is 0.0896. The van der Waals surface area contributed by atoms with E-state index in [1.807, 2.05) is 110 Å². The zero-order chi connectivity index (χ0) is 58.6. The third-order valence-electron chi connectivity index (χ3n) is 17.4. The predicted molar refractivity (Wildman–Crippen MR) is 341 cm³/mol. The maximum Gasteiger partial charge on any atom is 0.494 e. The van der Waals surface area contributed by atoms with Crippen LogP contribution in [0.5, 0.6) is 0 Å². The van der Waals surface area contributed by atoms with Crippen molar-refractivity contribution in [3.05, 3.63) is 94.5 Å². The standard InChI is InChI=1S/C25H37BN4O3Si.C20H28BrN3OSi.C12H24B2O4.2CH4/c1-17(31-34(9,10)23(2,3)4)20-13-14-27-22(29-20)30-21-15-19(12-11-18(21)16-28-30)26-32-24(5,6)25(7,8)33-26;1-14(25-26(5,6)20(2,3)4)15-9-10-23-19(11-15)24-18-12-17(21)8-7-16(18)13-22;1-9(2)10(3,4)16-13(15-9)14-17-11(5,6)12(7,8)18-14;;/h11-17H,1-10H3;7-14,22H,1-6H3,(H,23,24);1-8H3;2*1H4. The average molecular weight is 1200 g/mol. The molecule has 440 valence electrons. The molecule has 2 unspecified atom stereocenters. The molecule has 21 heteroatoms. The van der Waals surface area contributed by atoms with Gasteiger partial charge in [0.15, 0.2) is 16.6 Å².